The van der Waals surface area contributed by atoms with Gasteiger partial charge in [0, 0.05) is 18.2 Å². The number of rotatable bonds is 9. The summed E-state index contributed by atoms with van der Waals surface area (Å²) in [6.07, 6.45) is 1.28. The van der Waals surface area contributed by atoms with Crippen molar-refractivity contribution in [3.8, 4) is 22.9 Å². The number of alkyl halides is 3. The van der Waals surface area contributed by atoms with Gasteiger partial charge in [-0.2, -0.15) is 26.6 Å². The molecule has 0 aliphatic rings. The molecular formula is C29H26F3N3O6S. The number of carboxylic acid groups (broad SMARTS) is 1. The highest BCUT2D eigenvalue weighted by Crippen LogP contribution is 2.35. The molecule has 9 nitrogen and oxygen atoms in total. The Bertz CT molecular complexity index is 1670. The first-order valence-corrected chi connectivity index (χ1v) is 13.9. The Labute approximate surface area is 240 Å². The number of ether oxygens (including phenoxy) is 1. The fourth-order valence-electron chi connectivity index (χ4n) is 3.79. The molecule has 0 aliphatic carbocycles. The third kappa shape index (κ3) is 7.21. The molecule has 2 heterocycles. The Kier molecular flexibility index (Phi) is 8.53. The van der Waals surface area contributed by atoms with Gasteiger partial charge in [0.25, 0.3) is 5.88 Å². The van der Waals surface area contributed by atoms with E-state index in [0.717, 1.165) is 11.1 Å². The van der Waals surface area contributed by atoms with E-state index < -0.39 is 38.9 Å². The van der Waals surface area contributed by atoms with Gasteiger partial charge in [0.2, 0.25) is 5.75 Å². The fourth-order valence-corrected chi connectivity index (χ4v) is 4.20. The number of nitrogens with zero attached hydrogens (tertiary/aromatic N) is 3. The molecule has 0 spiro atoms. The lowest BCUT2D eigenvalue weighted by Gasteiger charge is -2.19. The van der Waals surface area contributed by atoms with Crippen LogP contribution in [0.4, 0.5) is 13.2 Å². The van der Waals surface area contributed by atoms with Crippen molar-refractivity contribution in [1.82, 2.24) is 15.0 Å². The molecule has 0 aliphatic heterocycles. The molecule has 0 radical (unpaired) electrons. The summed E-state index contributed by atoms with van der Waals surface area (Å²) in [6, 6.07) is 19.5. The molecular weight excluding hydrogens is 575 g/mol. The smallest absolute Gasteiger partial charge is 0.481 e. The molecule has 0 unspecified atom stereocenters. The highest BCUT2D eigenvalue weighted by atomic mass is 32.2. The molecule has 0 atom stereocenters. The normalized spacial score (nSPS) is 12.1. The average molecular weight is 602 g/mol. The van der Waals surface area contributed by atoms with Crippen LogP contribution in [0.15, 0.2) is 72.9 Å². The zero-order valence-electron chi connectivity index (χ0n) is 22.7. The molecule has 4 rings (SSSR count). The molecule has 2 aromatic carbocycles. The van der Waals surface area contributed by atoms with Crippen LogP contribution in [0.3, 0.4) is 0 Å². The average Bonchev–Trinajstić information content (AvgIpc) is 2.92. The molecule has 0 saturated carbocycles. The van der Waals surface area contributed by atoms with Crippen LogP contribution >= 0.6 is 0 Å². The lowest BCUT2D eigenvalue weighted by atomic mass is 9.86. The lowest BCUT2D eigenvalue weighted by Crippen LogP contribution is -2.29. The Morgan fingerprint density at radius 1 is 0.905 bits per heavy atom. The van der Waals surface area contributed by atoms with Crippen LogP contribution in [0, 0.1) is 0 Å². The minimum atomic E-state index is -6.21. The largest absolute Gasteiger partial charge is 0.534 e. The fraction of sp³-hybridized carbons (Fsp3) is 0.241. The number of halogens is 3. The third-order valence-corrected chi connectivity index (χ3v) is 6.96. The number of aromatic carboxylic acids is 1. The van der Waals surface area contributed by atoms with Crippen LogP contribution in [0.25, 0.3) is 11.3 Å². The number of hydrogen-bond donors (Lipinski definition) is 1. The van der Waals surface area contributed by atoms with E-state index in [2.05, 4.69) is 39.9 Å². The maximum Gasteiger partial charge on any atom is 0.534 e. The van der Waals surface area contributed by atoms with Crippen LogP contribution in [0.1, 0.15) is 53.8 Å². The molecule has 13 heteroatoms. The molecule has 2 aromatic heterocycles. The summed E-state index contributed by atoms with van der Waals surface area (Å²) in [4.78, 5) is 24.2. The summed E-state index contributed by atoms with van der Waals surface area (Å²) < 4.78 is 72.7. The summed E-state index contributed by atoms with van der Waals surface area (Å²) in [5, 5.41) is 9.76. The van der Waals surface area contributed by atoms with Crippen LogP contribution in [-0.2, 0) is 28.6 Å². The lowest BCUT2D eigenvalue weighted by molar-refractivity contribution is -0.0502. The summed E-state index contributed by atoms with van der Waals surface area (Å²) in [5.74, 6) is -4.08. The van der Waals surface area contributed by atoms with E-state index in [1.165, 1.54) is 6.20 Å². The zero-order chi connectivity index (χ0) is 30.7. The second kappa shape index (κ2) is 11.8. The minimum absolute atomic E-state index is 0.0191. The van der Waals surface area contributed by atoms with Gasteiger partial charge in [0.05, 0.1) is 5.69 Å². The predicted octanol–water partition coefficient (Wildman–Crippen LogP) is 5.93. The van der Waals surface area contributed by atoms with E-state index in [0.29, 0.717) is 16.8 Å². The van der Waals surface area contributed by atoms with Gasteiger partial charge in [-0.25, -0.2) is 9.78 Å². The molecule has 0 bridgehead atoms. The predicted molar refractivity (Wildman–Crippen MR) is 147 cm³/mol. The number of benzene rings is 2. The van der Waals surface area contributed by atoms with E-state index in [9.17, 15) is 31.5 Å². The maximum absolute atomic E-state index is 13.1. The van der Waals surface area contributed by atoms with Crippen LogP contribution < -0.4 is 8.92 Å². The first kappa shape index (κ1) is 30.4. The summed E-state index contributed by atoms with van der Waals surface area (Å²) in [6.45, 7) is 5.98. The van der Waals surface area contributed by atoms with Crippen molar-refractivity contribution in [3.05, 3.63) is 101 Å². The van der Waals surface area contributed by atoms with Gasteiger partial charge in [-0.3, -0.25) is 4.98 Å². The van der Waals surface area contributed by atoms with Gasteiger partial charge in [0.15, 0.2) is 5.69 Å². The van der Waals surface area contributed by atoms with Gasteiger partial charge in [0.1, 0.15) is 12.4 Å². The van der Waals surface area contributed by atoms with Crippen molar-refractivity contribution in [2.75, 3.05) is 0 Å². The topological polar surface area (TPSA) is 129 Å². The number of aromatic nitrogens is 3. The van der Waals surface area contributed by atoms with Gasteiger partial charge < -0.3 is 14.0 Å². The van der Waals surface area contributed by atoms with Gasteiger partial charge >= 0.3 is 21.6 Å². The Balaban J connectivity index is 1.67. The van der Waals surface area contributed by atoms with E-state index in [4.69, 9.17) is 4.74 Å². The molecule has 4 aromatic rings. The third-order valence-electron chi connectivity index (χ3n) is 6.02. The van der Waals surface area contributed by atoms with Crippen LogP contribution in [0.2, 0.25) is 0 Å². The SMILES string of the molecule is CC(C)(C)c1ccc(-c2ccc(Cc3nc(OS(=O)(=O)C(F)(F)F)c(OCc4ccccc4)c(C(=O)O)n3)cn2)cc1. The number of hydrogen-bond acceptors (Lipinski definition) is 8. The van der Waals surface area contributed by atoms with Crippen molar-refractivity contribution in [1.29, 1.82) is 0 Å². The second-order valence-electron chi connectivity index (χ2n) is 10.2. The van der Waals surface area contributed by atoms with Gasteiger partial charge in [-0.05, 0) is 28.2 Å². The van der Waals surface area contributed by atoms with E-state index in [-0.39, 0.29) is 24.3 Å². The monoisotopic (exact) mass is 601 g/mol. The summed E-state index contributed by atoms with van der Waals surface area (Å²) >= 11 is 0. The molecule has 42 heavy (non-hydrogen) atoms. The Hall–Kier alpha value is -4.52. The number of pyridine rings is 1. The van der Waals surface area contributed by atoms with Crippen molar-refractivity contribution >= 4 is 16.1 Å². The van der Waals surface area contributed by atoms with Crippen LogP contribution in [-0.4, -0.2) is 40.0 Å². The maximum atomic E-state index is 13.1. The van der Waals surface area contributed by atoms with Crippen molar-refractivity contribution in [2.24, 2.45) is 0 Å². The van der Waals surface area contributed by atoms with E-state index in [1.54, 1.807) is 42.5 Å². The Morgan fingerprint density at radius 2 is 1.57 bits per heavy atom. The zero-order valence-corrected chi connectivity index (χ0v) is 23.5. The van der Waals surface area contributed by atoms with E-state index in [1.807, 2.05) is 24.3 Å². The quantitative estimate of drug-likeness (QED) is 0.183. The first-order valence-electron chi connectivity index (χ1n) is 12.5. The van der Waals surface area contributed by atoms with E-state index >= 15 is 0 Å². The minimum Gasteiger partial charge on any atom is -0.481 e. The number of carboxylic acids is 1. The van der Waals surface area contributed by atoms with Crippen molar-refractivity contribution < 1.29 is 40.4 Å². The molecule has 220 valence electrons. The first-order chi connectivity index (χ1) is 19.6. The van der Waals surface area contributed by atoms with Crippen LogP contribution in [0.5, 0.6) is 11.6 Å². The number of carbonyl (C=O) groups is 1. The summed E-state index contributed by atoms with van der Waals surface area (Å²) in [7, 11) is -6.21. The van der Waals surface area contributed by atoms with Gasteiger partial charge in [-0.15, -0.1) is 0 Å². The second-order valence-corrected chi connectivity index (χ2v) is 11.8. The van der Waals surface area contributed by atoms with Gasteiger partial charge in [-0.1, -0.05) is 81.4 Å². The van der Waals surface area contributed by atoms with Crippen molar-refractivity contribution in [3.63, 3.8) is 0 Å². The Morgan fingerprint density at radius 3 is 2.12 bits per heavy atom. The molecule has 0 amide bonds. The molecule has 1 N–H and O–H groups in total. The molecule has 0 saturated heterocycles. The molecule has 0 fully saturated rings. The summed E-state index contributed by atoms with van der Waals surface area (Å²) in [5.41, 5.74) is -3.05. The standard InChI is InChI=1S/C29H26F3N3O6S/c1-28(2,3)21-12-10-20(11-13-21)22-14-9-19(16-33-22)15-23-34-24(27(36)37)25(40-17-18-7-5-4-6-8-18)26(35-23)41-42(38,39)29(30,31)32/h4-14,16H,15,17H2,1-3H3,(H,36,37). The highest BCUT2D eigenvalue weighted by Gasteiger charge is 2.49. The highest BCUT2D eigenvalue weighted by molar-refractivity contribution is 7.88. The van der Waals surface area contributed by atoms with Crippen molar-refractivity contribution in [2.45, 2.75) is 44.7 Å².